The van der Waals surface area contributed by atoms with Crippen LogP contribution in [0.25, 0.3) is 5.69 Å². The number of nitrogens with one attached hydrogen (secondary N) is 1. The van der Waals surface area contributed by atoms with Crippen molar-refractivity contribution in [1.29, 1.82) is 0 Å². The third-order valence-electron chi connectivity index (χ3n) is 8.05. The molecule has 2 aromatic rings. The van der Waals surface area contributed by atoms with Gasteiger partial charge >= 0.3 is 11.7 Å². The minimum Gasteiger partial charge on any atom is -0.394 e. The number of aliphatic hydroxyl groups is 1. The SMILES string of the molecule is C[C@H]1CCN(CCc2ccc(-n3ccc(NC(=O)N4CCN(C(=O)[C@](C)(N)CO)CC4)nc3=O)cc2)CC[C@@H]1N. The second-order valence-corrected chi connectivity index (χ2v) is 11.2. The lowest BCUT2D eigenvalue weighted by atomic mass is 9.98. The number of urea groups is 1. The maximum atomic E-state index is 12.7. The van der Waals surface area contributed by atoms with Crippen LogP contribution in [0.4, 0.5) is 10.6 Å². The molecule has 0 aliphatic carbocycles. The van der Waals surface area contributed by atoms with Crippen LogP contribution in [0.3, 0.4) is 0 Å². The first kappa shape index (κ1) is 29.7. The van der Waals surface area contributed by atoms with E-state index in [1.54, 1.807) is 17.2 Å². The van der Waals surface area contributed by atoms with Crippen molar-refractivity contribution in [2.75, 3.05) is 57.7 Å². The summed E-state index contributed by atoms with van der Waals surface area (Å²) in [6.07, 6.45) is 4.68. The standard InChI is InChI=1S/C28H42N8O4/c1-20-7-11-33(13-9-23(20)29)12-8-21-3-5-22(6-4-21)36-14-10-24(32-27(36)40)31-26(39)35-17-15-34(16-18-35)25(38)28(2,30)19-37/h3-6,10,14,20,23,37H,7-9,11-13,15-19,29-30H2,1-2H3,(H,31,32,39,40)/t20-,23-,28+/m0/s1. The zero-order chi connectivity index (χ0) is 28.9. The van der Waals surface area contributed by atoms with Gasteiger partial charge in [-0.25, -0.2) is 9.59 Å². The van der Waals surface area contributed by atoms with E-state index in [4.69, 9.17) is 11.5 Å². The summed E-state index contributed by atoms with van der Waals surface area (Å²) in [6, 6.07) is 9.33. The smallest absolute Gasteiger partial charge is 0.354 e. The third kappa shape index (κ3) is 7.25. The number of amides is 3. The molecule has 3 amide bonds. The average molecular weight is 555 g/mol. The van der Waals surface area contributed by atoms with E-state index in [9.17, 15) is 19.5 Å². The van der Waals surface area contributed by atoms with Crippen LogP contribution in [-0.4, -0.2) is 105 Å². The number of aliphatic hydroxyl groups excluding tert-OH is 1. The summed E-state index contributed by atoms with van der Waals surface area (Å²) >= 11 is 0. The van der Waals surface area contributed by atoms with Crippen LogP contribution < -0.4 is 22.5 Å². The molecule has 12 nitrogen and oxygen atoms in total. The summed E-state index contributed by atoms with van der Waals surface area (Å²) in [5, 5.41) is 12.0. The molecule has 40 heavy (non-hydrogen) atoms. The van der Waals surface area contributed by atoms with Gasteiger partial charge < -0.3 is 31.3 Å². The van der Waals surface area contributed by atoms with E-state index >= 15 is 0 Å². The molecular formula is C28H42N8O4. The molecule has 6 N–H and O–H groups in total. The van der Waals surface area contributed by atoms with E-state index in [0.717, 1.165) is 38.9 Å². The number of piperazine rings is 1. The van der Waals surface area contributed by atoms with Crippen LogP contribution in [0.15, 0.2) is 41.3 Å². The fraction of sp³-hybridized carbons (Fsp3) is 0.571. The molecule has 2 aliphatic heterocycles. The lowest BCUT2D eigenvalue weighted by Crippen LogP contribution is -2.60. The highest BCUT2D eigenvalue weighted by molar-refractivity contribution is 5.89. The number of rotatable bonds is 7. The Labute approximate surface area is 234 Å². The van der Waals surface area contributed by atoms with Crippen molar-refractivity contribution >= 4 is 17.8 Å². The van der Waals surface area contributed by atoms with Gasteiger partial charge in [0.15, 0.2) is 0 Å². The fourth-order valence-corrected chi connectivity index (χ4v) is 5.06. The van der Waals surface area contributed by atoms with Gasteiger partial charge in [0.25, 0.3) is 0 Å². The van der Waals surface area contributed by atoms with Crippen molar-refractivity contribution in [1.82, 2.24) is 24.3 Å². The molecule has 4 rings (SSSR count). The predicted molar refractivity (Wildman–Crippen MR) is 153 cm³/mol. The van der Waals surface area contributed by atoms with Gasteiger partial charge in [0.1, 0.15) is 11.4 Å². The Morgan fingerprint density at radius 3 is 2.35 bits per heavy atom. The van der Waals surface area contributed by atoms with Crippen molar-refractivity contribution in [2.45, 2.75) is 44.7 Å². The summed E-state index contributed by atoms with van der Waals surface area (Å²) in [5.74, 6) is 0.360. The normalized spacial score (nSPS) is 21.9. The maximum absolute atomic E-state index is 12.7. The lowest BCUT2D eigenvalue weighted by Gasteiger charge is -2.37. The van der Waals surface area contributed by atoms with Crippen LogP contribution >= 0.6 is 0 Å². The highest BCUT2D eigenvalue weighted by atomic mass is 16.3. The molecule has 218 valence electrons. The van der Waals surface area contributed by atoms with Crippen LogP contribution in [0.1, 0.15) is 32.3 Å². The van der Waals surface area contributed by atoms with Crippen molar-refractivity contribution in [3.05, 3.63) is 52.6 Å². The first-order chi connectivity index (χ1) is 19.1. The molecule has 0 saturated carbocycles. The molecule has 1 aromatic carbocycles. The van der Waals surface area contributed by atoms with Gasteiger partial charge in [-0.05, 0) is 69.0 Å². The molecule has 12 heteroatoms. The highest BCUT2D eigenvalue weighted by Crippen LogP contribution is 2.17. The number of aromatic nitrogens is 2. The van der Waals surface area contributed by atoms with Crippen molar-refractivity contribution < 1.29 is 14.7 Å². The second-order valence-electron chi connectivity index (χ2n) is 11.2. The predicted octanol–water partition coefficient (Wildman–Crippen LogP) is 0.220. The monoisotopic (exact) mass is 554 g/mol. The Kier molecular flexibility index (Phi) is 9.56. The molecule has 0 unspecified atom stereocenters. The van der Waals surface area contributed by atoms with Crippen molar-refractivity contribution in [3.8, 4) is 5.69 Å². The van der Waals surface area contributed by atoms with Crippen LogP contribution in [0.2, 0.25) is 0 Å². The molecule has 0 spiro atoms. The topological polar surface area (TPSA) is 163 Å². The molecule has 1 aromatic heterocycles. The Balaban J connectivity index is 1.29. The Morgan fingerprint density at radius 2 is 1.70 bits per heavy atom. The van der Waals surface area contributed by atoms with Crippen LogP contribution in [0.5, 0.6) is 0 Å². The quantitative estimate of drug-likeness (QED) is 0.378. The van der Waals surface area contributed by atoms with Gasteiger partial charge in [0, 0.05) is 45.0 Å². The first-order valence-electron chi connectivity index (χ1n) is 14.0. The molecule has 2 aliphatic rings. The minimum absolute atomic E-state index is 0.155. The molecule has 3 heterocycles. The number of nitrogens with two attached hydrogens (primary N) is 2. The number of hydrogen-bond acceptors (Lipinski definition) is 8. The number of likely N-dealkylation sites (tertiary alicyclic amines) is 1. The summed E-state index contributed by atoms with van der Waals surface area (Å²) in [5.41, 5.74) is 12.1. The second kappa shape index (κ2) is 12.9. The van der Waals surface area contributed by atoms with E-state index in [0.29, 0.717) is 37.8 Å². The molecule has 0 radical (unpaired) electrons. The highest BCUT2D eigenvalue weighted by Gasteiger charge is 2.34. The van der Waals surface area contributed by atoms with Crippen molar-refractivity contribution in [2.24, 2.45) is 17.4 Å². The number of benzene rings is 1. The summed E-state index contributed by atoms with van der Waals surface area (Å²) in [7, 11) is 0. The van der Waals surface area contributed by atoms with Crippen LogP contribution in [0, 0.1) is 5.92 Å². The molecular weight excluding hydrogens is 512 g/mol. The molecule has 0 bridgehead atoms. The maximum Gasteiger partial charge on any atom is 0.354 e. The summed E-state index contributed by atoms with van der Waals surface area (Å²) in [4.78, 5) is 47.5. The number of anilines is 1. The van der Waals surface area contributed by atoms with E-state index < -0.39 is 23.9 Å². The fourth-order valence-electron chi connectivity index (χ4n) is 5.06. The van der Waals surface area contributed by atoms with E-state index in [2.05, 4.69) is 22.1 Å². The summed E-state index contributed by atoms with van der Waals surface area (Å²) < 4.78 is 1.44. The minimum atomic E-state index is -1.35. The zero-order valence-electron chi connectivity index (χ0n) is 23.5. The third-order valence-corrected chi connectivity index (χ3v) is 8.05. The average Bonchev–Trinajstić information content (AvgIpc) is 3.12. The van der Waals surface area contributed by atoms with Crippen LogP contribution in [-0.2, 0) is 11.2 Å². The van der Waals surface area contributed by atoms with Gasteiger partial charge in [-0.3, -0.25) is 14.7 Å². The molecule has 3 atom stereocenters. The Bertz CT molecular complexity index is 1210. The van der Waals surface area contributed by atoms with E-state index in [-0.39, 0.29) is 17.8 Å². The lowest BCUT2D eigenvalue weighted by molar-refractivity contribution is -0.139. The first-order valence-corrected chi connectivity index (χ1v) is 14.0. The number of carbonyl (C=O) groups excluding carboxylic acids is 2. The summed E-state index contributed by atoms with van der Waals surface area (Å²) in [6.45, 7) is 7.54. The number of nitrogens with zero attached hydrogens (tertiary/aromatic N) is 5. The zero-order valence-corrected chi connectivity index (χ0v) is 23.5. The Hall–Kier alpha value is -3.32. The number of hydrogen-bond donors (Lipinski definition) is 4. The largest absolute Gasteiger partial charge is 0.394 e. The van der Waals surface area contributed by atoms with Gasteiger partial charge in [-0.2, -0.15) is 4.98 Å². The van der Waals surface area contributed by atoms with Gasteiger partial charge in [-0.15, -0.1) is 0 Å². The molecule has 2 fully saturated rings. The van der Waals surface area contributed by atoms with Crippen molar-refractivity contribution in [3.63, 3.8) is 0 Å². The molecule has 2 saturated heterocycles. The van der Waals surface area contributed by atoms with Gasteiger partial charge in [0.05, 0.1) is 12.3 Å². The van der Waals surface area contributed by atoms with Gasteiger partial charge in [-0.1, -0.05) is 19.1 Å². The van der Waals surface area contributed by atoms with Gasteiger partial charge in [0.2, 0.25) is 5.91 Å². The van der Waals surface area contributed by atoms with E-state index in [1.165, 1.54) is 22.0 Å². The Morgan fingerprint density at radius 1 is 1.05 bits per heavy atom. The van der Waals surface area contributed by atoms with E-state index in [1.807, 2.05) is 24.3 Å². The number of carbonyl (C=O) groups is 2.